The molecule has 124 valence electrons. The van der Waals surface area contributed by atoms with Crippen molar-refractivity contribution in [3.63, 3.8) is 0 Å². The first-order valence-electron chi connectivity index (χ1n) is 7.45. The highest BCUT2D eigenvalue weighted by atomic mass is 32.1. The van der Waals surface area contributed by atoms with E-state index in [1.807, 2.05) is 17.5 Å². The molecule has 1 aromatic carbocycles. The number of carbonyl (C=O) groups is 2. The number of hydrazone groups is 1. The number of hydrogen-bond acceptors (Lipinski definition) is 4. The summed E-state index contributed by atoms with van der Waals surface area (Å²) in [5.74, 6) is -1.72. The van der Waals surface area contributed by atoms with E-state index in [9.17, 15) is 14.0 Å². The van der Waals surface area contributed by atoms with Crippen molar-refractivity contribution < 1.29 is 19.1 Å². The van der Waals surface area contributed by atoms with Gasteiger partial charge in [-0.2, -0.15) is 5.10 Å². The smallest absolute Gasteiger partial charge is 0.303 e. The number of rotatable bonds is 5. The Morgan fingerprint density at radius 1 is 1.25 bits per heavy atom. The molecule has 7 heteroatoms. The van der Waals surface area contributed by atoms with E-state index in [-0.39, 0.29) is 30.6 Å². The largest absolute Gasteiger partial charge is 0.481 e. The van der Waals surface area contributed by atoms with Crippen LogP contribution in [0.4, 0.5) is 4.39 Å². The third-order valence-electron chi connectivity index (χ3n) is 3.78. The first-order chi connectivity index (χ1) is 11.5. The van der Waals surface area contributed by atoms with Crippen molar-refractivity contribution in [2.75, 3.05) is 0 Å². The maximum Gasteiger partial charge on any atom is 0.303 e. The molecule has 0 saturated carbocycles. The van der Waals surface area contributed by atoms with Gasteiger partial charge in [-0.25, -0.2) is 9.40 Å². The van der Waals surface area contributed by atoms with Gasteiger partial charge in [-0.05, 0) is 29.1 Å². The molecule has 0 spiro atoms. The highest BCUT2D eigenvalue weighted by Gasteiger charge is 2.33. The van der Waals surface area contributed by atoms with Crippen LogP contribution in [0.3, 0.4) is 0 Å². The van der Waals surface area contributed by atoms with Crippen LogP contribution in [0, 0.1) is 5.82 Å². The maximum atomic E-state index is 13.2. The lowest BCUT2D eigenvalue weighted by atomic mass is 10.0. The summed E-state index contributed by atoms with van der Waals surface area (Å²) in [6, 6.07) is 9.44. The third-order valence-corrected chi connectivity index (χ3v) is 4.70. The molecule has 2 aromatic rings. The van der Waals surface area contributed by atoms with Crippen LogP contribution in [0.1, 0.15) is 35.7 Å². The number of benzene rings is 1. The molecule has 0 fully saturated rings. The molecule has 0 saturated heterocycles. The minimum Gasteiger partial charge on any atom is -0.481 e. The van der Waals surface area contributed by atoms with Gasteiger partial charge in [0.15, 0.2) is 0 Å². The van der Waals surface area contributed by atoms with Crippen molar-refractivity contribution >= 4 is 28.9 Å². The second kappa shape index (κ2) is 6.92. The Morgan fingerprint density at radius 3 is 2.62 bits per heavy atom. The van der Waals surface area contributed by atoms with E-state index in [1.54, 1.807) is 12.1 Å². The fourth-order valence-electron chi connectivity index (χ4n) is 2.60. The Morgan fingerprint density at radius 2 is 2.00 bits per heavy atom. The molecule has 5 nitrogen and oxygen atoms in total. The minimum absolute atomic E-state index is 0.117. The van der Waals surface area contributed by atoms with E-state index < -0.39 is 5.97 Å². The summed E-state index contributed by atoms with van der Waals surface area (Å²) in [6.07, 6.45) is 0.161. The number of amides is 1. The Kier molecular flexibility index (Phi) is 4.71. The summed E-state index contributed by atoms with van der Waals surface area (Å²) in [7, 11) is 0. The van der Waals surface area contributed by atoms with E-state index in [4.69, 9.17) is 5.11 Å². The fourth-order valence-corrected chi connectivity index (χ4v) is 3.33. The van der Waals surface area contributed by atoms with E-state index in [0.29, 0.717) is 6.42 Å². The average Bonchev–Trinajstić information content (AvgIpc) is 3.22. The fraction of sp³-hybridized carbons (Fsp3) is 0.235. The van der Waals surface area contributed by atoms with Gasteiger partial charge in [0.2, 0.25) is 5.91 Å². The zero-order chi connectivity index (χ0) is 17.1. The van der Waals surface area contributed by atoms with Gasteiger partial charge >= 0.3 is 5.97 Å². The average molecular weight is 346 g/mol. The highest BCUT2D eigenvalue weighted by Crippen LogP contribution is 2.34. The van der Waals surface area contributed by atoms with Crippen molar-refractivity contribution in [2.45, 2.75) is 25.3 Å². The van der Waals surface area contributed by atoms with Gasteiger partial charge in [0.25, 0.3) is 0 Å². The lowest BCUT2D eigenvalue weighted by molar-refractivity contribution is -0.141. The van der Waals surface area contributed by atoms with Crippen molar-refractivity contribution in [3.8, 4) is 0 Å². The number of nitrogens with zero attached hydrogens (tertiary/aromatic N) is 2. The SMILES string of the molecule is O=C(O)CCC(=O)N1N=C(c2cccs2)C[C@@H]1c1ccc(F)cc1. The van der Waals surface area contributed by atoms with Gasteiger partial charge in [0.1, 0.15) is 5.82 Å². The van der Waals surface area contributed by atoms with E-state index in [2.05, 4.69) is 5.10 Å². The topological polar surface area (TPSA) is 70.0 Å². The van der Waals surface area contributed by atoms with Crippen molar-refractivity contribution in [3.05, 3.63) is 58.0 Å². The summed E-state index contributed by atoms with van der Waals surface area (Å²) in [4.78, 5) is 24.1. The number of halogens is 1. The number of hydrogen-bond donors (Lipinski definition) is 1. The van der Waals surface area contributed by atoms with Crippen LogP contribution >= 0.6 is 11.3 Å². The minimum atomic E-state index is -1.02. The van der Waals surface area contributed by atoms with Crippen LogP contribution in [-0.4, -0.2) is 27.7 Å². The molecular weight excluding hydrogens is 331 g/mol. The molecule has 1 aliphatic heterocycles. The van der Waals surface area contributed by atoms with Gasteiger partial charge in [0, 0.05) is 12.8 Å². The normalized spacial score (nSPS) is 17.0. The molecular formula is C17H15FN2O3S. The summed E-state index contributed by atoms with van der Waals surface area (Å²) in [5.41, 5.74) is 1.55. The van der Waals surface area contributed by atoms with Crippen LogP contribution in [0.15, 0.2) is 46.9 Å². The zero-order valence-electron chi connectivity index (χ0n) is 12.7. The molecule has 0 bridgehead atoms. The highest BCUT2D eigenvalue weighted by molar-refractivity contribution is 7.12. The molecule has 0 aliphatic carbocycles. The standard InChI is InChI=1S/C17H15FN2O3S/c18-12-5-3-11(4-6-12)14-10-13(15-2-1-9-24-15)19-20(14)16(21)7-8-17(22)23/h1-6,9,14H,7-8,10H2,(H,22,23)/t14-/m1/s1. The number of carboxylic acid groups (broad SMARTS) is 1. The molecule has 1 N–H and O–H groups in total. The number of carbonyl (C=O) groups excluding carboxylic acids is 1. The second-order valence-corrected chi connectivity index (χ2v) is 6.38. The number of aliphatic carboxylic acids is 1. The van der Waals surface area contributed by atoms with Crippen molar-refractivity contribution in [1.82, 2.24) is 5.01 Å². The van der Waals surface area contributed by atoms with E-state index in [1.165, 1.54) is 28.5 Å². The lowest BCUT2D eigenvalue weighted by Gasteiger charge is -2.21. The van der Waals surface area contributed by atoms with E-state index >= 15 is 0 Å². The summed E-state index contributed by atoms with van der Waals surface area (Å²) in [5, 5.41) is 16.5. The van der Waals surface area contributed by atoms with Gasteiger partial charge in [-0.1, -0.05) is 18.2 Å². The van der Waals surface area contributed by atoms with Gasteiger partial charge in [0.05, 0.1) is 23.1 Å². The molecule has 0 unspecified atom stereocenters. The van der Waals surface area contributed by atoms with Crippen molar-refractivity contribution in [1.29, 1.82) is 0 Å². The van der Waals surface area contributed by atoms with Crippen LogP contribution in [0.2, 0.25) is 0 Å². The summed E-state index contributed by atoms with van der Waals surface area (Å²) >= 11 is 1.53. The van der Waals surface area contributed by atoms with Crippen LogP contribution < -0.4 is 0 Å². The molecule has 1 atom stereocenters. The maximum absolute atomic E-state index is 13.2. The lowest BCUT2D eigenvalue weighted by Crippen LogP contribution is -2.27. The second-order valence-electron chi connectivity index (χ2n) is 5.43. The number of carboxylic acids is 1. The third kappa shape index (κ3) is 3.51. The van der Waals surface area contributed by atoms with Gasteiger partial charge in [-0.3, -0.25) is 9.59 Å². The molecule has 1 aliphatic rings. The Labute approximate surface area is 142 Å². The van der Waals surface area contributed by atoms with Gasteiger partial charge in [-0.15, -0.1) is 11.3 Å². The molecule has 1 amide bonds. The Bertz CT molecular complexity index is 772. The number of thiophene rings is 1. The van der Waals surface area contributed by atoms with Gasteiger partial charge < -0.3 is 5.11 Å². The molecule has 1 aromatic heterocycles. The van der Waals surface area contributed by atoms with Crippen LogP contribution in [0.5, 0.6) is 0 Å². The molecule has 2 heterocycles. The van der Waals surface area contributed by atoms with Crippen LogP contribution in [-0.2, 0) is 9.59 Å². The van der Waals surface area contributed by atoms with Crippen molar-refractivity contribution in [2.24, 2.45) is 5.10 Å². The Balaban J connectivity index is 1.87. The Hall–Kier alpha value is -2.54. The van der Waals surface area contributed by atoms with Crippen LogP contribution in [0.25, 0.3) is 0 Å². The molecule has 24 heavy (non-hydrogen) atoms. The molecule has 3 rings (SSSR count). The summed E-state index contributed by atoms with van der Waals surface area (Å²) < 4.78 is 13.2. The predicted molar refractivity (Wildman–Crippen MR) is 88.3 cm³/mol. The predicted octanol–water partition coefficient (Wildman–Crippen LogP) is 3.43. The first kappa shape index (κ1) is 16.3. The zero-order valence-corrected chi connectivity index (χ0v) is 13.5. The monoisotopic (exact) mass is 346 g/mol. The van der Waals surface area contributed by atoms with E-state index in [0.717, 1.165) is 16.2 Å². The summed E-state index contributed by atoms with van der Waals surface area (Å²) in [6.45, 7) is 0. The quantitative estimate of drug-likeness (QED) is 0.902. The molecule has 0 radical (unpaired) electrons. The first-order valence-corrected chi connectivity index (χ1v) is 8.33.